The van der Waals surface area contributed by atoms with Crippen LogP contribution in [0, 0.1) is 29.8 Å². The molecule has 1 N–H and O–H groups in total. The summed E-state index contributed by atoms with van der Waals surface area (Å²) in [6.45, 7) is 4.20. The topological polar surface area (TPSA) is 94.2 Å². The second kappa shape index (κ2) is 8.05. The van der Waals surface area contributed by atoms with Crippen LogP contribution in [0.3, 0.4) is 0 Å². The van der Waals surface area contributed by atoms with Crippen molar-refractivity contribution in [2.75, 3.05) is 5.32 Å². The van der Waals surface area contributed by atoms with E-state index in [1.807, 2.05) is 32.0 Å². The number of hydrogen-bond acceptors (Lipinski definition) is 4. The number of nitrogens with one attached hydrogen (secondary N) is 1. The normalized spacial score (nSPS) is 10.6. The minimum Gasteiger partial charge on any atom is -0.322 e. The van der Waals surface area contributed by atoms with Gasteiger partial charge >= 0.3 is 5.69 Å². The lowest BCUT2D eigenvalue weighted by atomic mass is 10.1. The summed E-state index contributed by atoms with van der Waals surface area (Å²) in [6, 6.07) is 11.9. The molecule has 0 saturated heterocycles. The van der Waals surface area contributed by atoms with Gasteiger partial charge in [0, 0.05) is 18.0 Å². The van der Waals surface area contributed by atoms with Crippen molar-refractivity contribution in [1.82, 2.24) is 4.57 Å². The number of halogens is 1. The number of nitro benzene ring substituents is 1. The summed E-state index contributed by atoms with van der Waals surface area (Å²) in [6.07, 6.45) is 1.59. The second-order valence-corrected chi connectivity index (χ2v) is 6.66. The zero-order chi connectivity index (χ0) is 21.1. The predicted octanol–water partition coefficient (Wildman–Crippen LogP) is 3.81. The van der Waals surface area contributed by atoms with Gasteiger partial charge in [-0.25, -0.2) is 0 Å². The van der Waals surface area contributed by atoms with E-state index < -0.39 is 27.9 Å². The Balaban J connectivity index is 1.88. The lowest BCUT2D eigenvalue weighted by Crippen LogP contribution is -2.29. The molecule has 1 heterocycles. The van der Waals surface area contributed by atoms with Crippen LogP contribution in [0.2, 0.25) is 0 Å². The van der Waals surface area contributed by atoms with Crippen LogP contribution in [-0.2, 0) is 6.54 Å². The third-order valence-corrected chi connectivity index (χ3v) is 4.51. The summed E-state index contributed by atoms with van der Waals surface area (Å²) in [5.41, 5.74) is 1.68. The highest BCUT2D eigenvalue weighted by Gasteiger charge is 2.17. The van der Waals surface area contributed by atoms with Crippen LogP contribution in [0.15, 0.2) is 59.5 Å². The molecule has 0 saturated carbocycles. The molecule has 29 heavy (non-hydrogen) atoms. The quantitative estimate of drug-likeness (QED) is 0.525. The Morgan fingerprint density at radius 2 is 1.93 bits per heavy atom. The van der Waals surface area contributed by atoms with Crippen LogP contribution >= 0.6 is 0 Å². The maximum atomic E-state index is 13.5. The van der Waals surface area contributed by atoms with Gasteiger partial charge in [-0.05, 0) is 49.2 Å². The Morgan fingerprint density at radius 3 is 2.66 bits per heavy atom. The number of rotatable bonds is 5. The van der Waals surface area contributed by atoms with Gasteiger partial charge in [-0.2, -0.15) is 4.39 Å². The molecule has 3 aromatic rings. The fourth-order valence-electron chi connectivity index (χ4n) is 2.92. The monoisotopic (exact) mass is 395 g/mol. The van der Waals surface area contributed by atoms with Crippen molar-refractivity contribution in [3.8, 4) is 0 Å². The van der Waals surface area contributed by atoms with Gasteiger partial charge in [0.05, 0.1) is 11.5 Å². The number of carbonyl (C=O) groups is 1. The molecule has 8 heteroatoms. The van der Waals surface area contributed by atoms with Crippen LogP contribution in [0.25, 0.3) is 0 Å². The Kier molecular flexibility index (Phi) is 5.54. The van der Waals surface area contributed by atoms with E-state index in [1.165, 1.54) is 16.7 Å². The average molecular weight is 395 g/mol. The van der Waals surface area contributed by atoms with Gasteiger partial charge in [-0.15, -0.1) is 0 Å². The van der Waals surface area contributed by atoms with E-state index in [0.717, 1.165) is 28.8 Å². The minimum atomic E-state index is -1.01. The Morgan fingerprint density at radius 1 is 1.17 bits per heavy atom. The fourth-order valence-corrected chi connectivity index (χ4v) is 2.92. The molecule has 0 fully saturated rings. The summed E-state index contributed by atoms with van der Waals surface area (Å²) < 4.78 is 14.9. The second-order valence-electron chi connectivity index (χ2n) is 6.66. The van der Waals surface area contributed by atoms with Crippen molar-refractivity contribution in [1.29, 1.82) is 0 Å². The third-order valence-electron chi connectivity index (χ3n) is 4.51. The molecule has 1 aromatic heterocycles. The van der Waals surface area contributed by atoms with Crippen molar-refractivity contribution >= 4 is 17.3 Å². The number of nitrogens with zero attached hydrogens (tertiary/aromatic N) is 2. The number of amides is 1. The highest BCUT2D eigenvalue weighted by atomic mass is 19.1. The van der Waals surface area contributed by atoms with Gasteiger partial charge in [0.2, 0.25) is 5.82 Å². The fraction of sp³-hybridized carbons (Fsp3) is 0.143. The maximum Gasteiger partial charge on any atom is 0.306 e. The van der Waals surface area contributed by atoms with E-state index in [0.29, 0.717) is 6.54 Å². The number of aryl methyl sites for hydroxylation is 2. The summed E-state index contributed by atoms with van der Waals surface area (Å²) in [7, 11) is 0. The molecule has 1 amide bonds. The van der Waals surface area contributed by atoms with Gasteiger partial charge in [0.15, 0.2) is 0 Å². The molecular weight excluding hydrogens is 377 g/mol. The van der Waals surface area contributed by atoms with Crippen LogP contribution < -0.4 is 10.9 Å². The lowest BCUT2D eigenvalue weighted by Gasteiger charge is -2.11. The summed E-state index contributed by atoms with van der Waals surface area (Å²) >= 11 is 0. The van der Waals surface area contributed by atoms with Gasteiger partial charge < -0.3 is 9.88 Å². The van der Waals surface area contributed by atoms with Gasteiger partial charge in [-0.3, -0.25) is 19.7 Å². The molecule has 0 spiro atoms. The van der Waals surface area contributed by atoms with Crippen molar-refractivity contribution in [2.24, 2.45) is 0 Å². The molecular formula is C21H18FN3O4. The number of hydrogen-bond donors (Lipinski definition) is 1. The molecule has 0 aliphatic heterocycles. The van der Waals surface area contributed by atoms with E-state index in [4.69, 9.17) is 0 Å². The first-order valence-electron chi connectivity index (χ1n) is 8.77. The van der Waals surface area contributed by atoms with Crippen molar-refractivity contribution < 1.29 is 14.1 Å². The van der Waals surface area contributed by atoms with E-state index in [2.05, 4.69) is 5.32 Å². The first-order chi connectivity index (χ1) is 13.8. The molecule has 0 atom stereocenters. The smallest absolute Gasteiger partial charge is 0.306 e. The molecule has 0 bridgehead atoms. The van der Waals surface area contributed by atoms with Crippen LogP contribution in [-0.4, -0.2) is 15.4 Å². The van der Waals surface area contributed by atoms with Crippen LogP contribution in [0.1, 0.15) is 27.0 Å². The summed E-state index contributed by atoms with van der Waals surface area (Å²) in [4.78, 5) is 35.3. The predicted molar refractivity (Wildman–Crippen MR) is 107 cm³/mol. The zero-order valence-electron chi connectivity index (χ0n) is 15.8. The third kappa shape index (κ3) is 4.37. The summed E-state index contributed by atoms with van der Waals surface area (Å²) in [5, 5.41) is 13.3. The average Bonchev–Trinajstić information content (AvgIpc) is 2.67. The molecule has 0 radical (unpaired) electrons. The standard InChI is InChI=1S/C21H18FN3O4/c1-13-5-6-14(2)15(10-13)12-24-9-3-4-17(21(24)27)20(26)23-16-7-8-18(22)19(11-16)25(28)29/h3-11H,12H2,1-2H3,(H,23,26). The molecule has 2 aromatic carbocycles. The molecule has 0 aliphatic rings. The van der Waals surface area contributed by atoms with Gasteiger partial charge in [0.25, 0.3) is 11.5 Å². The maximum absolute atomic E-state index is 13.5. The highest BCUT2D eigenvalue weighted by molar-refractivity contribution is 6.04. The van der Waals surface area contributed by atoms with E-state index >= 15 is 0 Å². The van der Waals surface area contributed by atoms with E-state index in [-0.39, 0.29) is 11.3 Å². The first kappa shape index (κ1) is 19.9. The number of pyridine rings is 1. The largest absolute Gasteiger partial charge is 0.322 e. The number of benzene rings is 2. The van der Waals surface area contributed by atoms with E-state index in [9.17, 15) is 24.1 Å². The van der Waals surface area contributed by atoms with Crippen molar-refractivity contribution in [3.63, 3.8) is 0 Å². The number of anilines is 1. The lowest BCUT2D eigenvalue weighted by molar-refractivity contribution is -0.387. The molecule has 0 unspecified atom stereocenters. The van der Waals surface area contributed by atoms with Gasteiger partial charge in [-0.1, -0.05) is 23.8 Å². The van der Waals surface area contributed by atoms with Crippen LogP contribution in [0.4, 0.5) is 15.8 Å². The Bertz CT molecular complexity index is 1170. The summed E-state index contributed by atoms with van der Waals surface area (Å²) in [5.74, 6) is -1.74. The number of carbonyl (C=O) groups excluding carboxylic acids is 1. The molecule has 7 nitrogen and oxygen atoms in total. The van der Waals surface area contributed by atoms with Crippen LogP contribution in [0.5, 0.6) is 0 Å². The molecule has 0 aliphatic carbocycles. The molecule has 148 valence electrons. The highest BCUT2D eigenvalue weighted by Crippen LogP contribution is 2.22. The molecule has 3 rings (SSSR count). The van der Waals surface area contributed by atoms with E-state index in [1.54, 1.807) is 12.3 Å². The minimum absolute atomic E-state index is 0.0208. The van der Waals surface area contributed by atoms with Gasteiger partial charge in [0.1, 0.15) is 5.56 Å². The van der Waals surface area contributed by atoms with Crippen molar-refractivity contribution in [3.05, 3.63) is 103 Å². The Labute approximate surface area is 165 Å². The zero-order valence-corrected chi connectivity index (χ0v) is 15.8. The first-order valence-corrected chi connectivity index (χ1v) is 8.77. The number of aromatic nitrogens is 1. The van der Waals surface area contributed by atoms with Crippen molar-refractivity contribution in [2.45, 2.75) is 20.4 Å². The Hall–Kier alpha value is -3.81. The number of nitro groups is 1. The SMILES string of the molecule is Cc1ccc(C)c(Cn2cccc(C(=O)Nc3ccc(F)c([N+](=O)[O-])c3)c2=O)c1.